The van der Waals surface area contributed by atoms with E-state index < -0.39 is 0 Å². The first-order valence-electron chi connectivity index (χ1n) is 7.42. The van der Waals surface area contributed by atoms with Crippen LogP contribution in [0.3, 0.4) is 0 Å². The maximum absolute atomic E-state index is 13.3. The average Bonchev–Trinajstić information content (AvgIpc) is 2.53. The highest BCUT2D eigenvalue weighted by atomic mass is 19.1. The molecule has 1 N–H and O–H groups in total. The molecule has 0 radical (unpaired) electrons. The van der Waals surface area contributed by atoms with Crippen LogP contribution in [-0.2, 0) is 13.0 Å². The molecule has 1 aromatic heterocycles. The van der Waals surface area contributed by atoms with Gasteiger partial charge in [0.15, 0.2) is 0 Å². The molecular weight excluding hydrogens is 277 g/mol. The molecule has 22 heavy (non-hydrogen) atoms. The van der Waals surface area contributed by atoms with Gasteiger partial charge in [-0.15, -0.1) is 0 Å². The van der Waals surface area contributed by atoms with Gasteiger partial charge in [0, 0.05) is 11.9 Å². The van der Waals surface area contributed by atoms with E-state index >= 15 is 0 Å². The lowest BCUT2D eigenvalue weighted by atomic mass is 10.0. The number of hydrogen-bond donors (Lipinski definition) is 1. The van der Waals surface area contributed by atoms with Crippen LogP contribution in [0.2, 0.25) is 0 Å². The Morgan fingerprint density at radius 2 is 1.86 bits per heavy atom. The van der Waals surface area contributed by atoms with E-state index in [2.05, 4.69) is 15.3 Å². The summed E-state index contributed by atoms with van der Waals surface area (Å²) in [6.07, 6.45) is 0.804. The van der Waals surface area contributed by atoms with Gasteiger partial charge in [-0.1, -0.05) is 25.1 Å². The molecule has 0 amide bonds. The Hall–Kier alpha value is -2.49. The van der Waals surface area contributed by atoms with Gasteiger partial charge in [-0.25, -0.2) is 14.4 Å². The van der Waals surface area contributed by atoms with Crippen LogP contribution in [0.5, 0.6) is 0 Å². The SMILES string of the molecule is CCc1cc(F)ccc1CNc1nc(C)nc2ccccc12. The summed E-state index contributed by atoms with van der Waals surface area (Å²) in [7, 11) is 0. The van der Waals surface area contributed by atoms with E-state index in [9.17, 15) is 4.39 Å². The van der Waals surface area contributed by atoms with Crippen molar-refractivity contribution < 1.29 is 4.39 Å². The van der Waals surface area contributed by atoms with Gasteiger partial charge in [0.05, 0.1) is 5.52 Å². The van der Waals surface area contributed by atoms with Crippen molar-refractivity contribution in [3.05, 3.63) is 65.2 Å². The van der Waals surface area contributed by atoms with E-state index in [4.69, 9.17) is 0 Å². The van der Waals surface area contributed by atoms with Crippen molar-refractivity contribution in [1.29, 1.82) is 0 Å². The Morgan fingerprint density at radius 1 is 1.05 bits per heavy atom. The number of halogens is 1. The van der Waals surface area contributed by atoms with E-state index in [-0.39, 0.29) is 5.82 Å². The largest absolute Gasteiger partial charge is 0.365 e. The molecule has 0 saturated heterocycles. The molecule has 0 saturated carbocycles. The zero-order chi connectivity index (χ0) is 15.5. The van der Waals surface area contributed by atoms with Gasteiger partial charge >= 0.3 is 0 Å². The third kappa shape index (κ3) is 2.91. The van der Waals surface area contributed by atoms with Crippen LogP contribution < -0.4 is 5.32 Å². The van der Waals surface area contributed by atoms with Crippen molar-refractivity contribution in [2.45, 2.75) is 26.8 Å². The van der Waals surface area contributed by atoms with Crippen molar-refractivity contribution >= 4 is 16.7 Å². The van der Waals surface area contributed by atoms with Gasteiger partial charge in [-0.05, 0) is 48.7 Å². The fourth-order valence-electron chi connectivity index (χ4n) is 2.60. The first kappa shape index (κ1) is 14.4. The number of anilines is 1. The van der Waals surface area contributed by atoms with Crippen LogP contribution in [-0.4, -0.2) is 9.97 Å². The molecule has 2 aromatic carbocycles. The van der Waals surface area contributed by atoms with Crippen LogP contribution >= 0.6 is 0 Å². The minimum Gasteiger partial charge on any atom is -0.365 e. The molecule has 112 valence electrons. The van der Waals surface area contributed by atoms with E-state index in [0.717, 1.165) is 40.1 Å². The monoisotopic (exact) mass is 295 g/mol. The van der Waals surface area contributed by atoms with E-state index in [1.807, 2.05) is 44.2 Å². The second kappa shape index (κ2) is 6.10. The number of benzene rings is 2. The first-order chi connectivity index (χ1) is 10.7. The summed E-state index contributed by atoms with van der Waals surface area (Å²) in [6, 6.07) is 12.8. The van der Waals surface area contributed by atoms with Crippen molar-refractivity contribution in [3.63, 3.8) is 0 Å². The molecule has 0 bridgehead atoms. The zero-order valence-corrected chi connectivity index (χ0v) is 12.7. The Labute approximate surface area is 129 Å². The Morgan fingerprint density at radius 3 is 2.68 bits per heavy atom. The second-order valence-corrected chi connectivity index (χ2v) is 5.26. The summed E-state index contributed by atoms with van der Waals surface area (Å²) < 4.78 is 13.3. The summed E-state index contributed by atoms with van der Waals surface area (Å²) in [5.41, 5.74) is 3.03. The number of rotatable bonds is 4. The van der Waals surface area contributed by atoms with Crippen LogP contribution in [0.25, 0.3) is 10.9 Å². The molecule has 0 unspecified atom stereocenters. The molecule has 0 atom stereocenters. The molecule has 3 aromatic rings. The lowest BCUT2D eigenvalue weighted by molar-refractivity contribution is 0.624. The summed E-state index contributed by atoms with van der Waals surface area (Å²) in [5, 5.41) is 4.36. The molecule has 0 aliphatic heterocycles. The molecule has 3 rings (SSSR count). The Kier molecular flexibility index (Phi) is 4.00. The number of nitrogens with zero attached hydrogens (tertiary/aromatic N) is 2. The quantitative estimate of drug-likeness (QED) is 0.782. The number of nitrogens with one attached hydrogen (secondary N) is 1. The van der Waals surface area contributed by atoms with Gasteiger partial charge in [-0.2, -0.15) is 0 Å². The standard InChI is InChI=1S/C18H18FN3/c1-3-13-10-15(19)9-8-14(13)11-20-18-16-6-4-5-7-17(16)21-12(2)22-18/h4-10H,3,11H2,1-2H3,(H,20,21,22). The summed E-state index contributed by atoms with van der Waals surface area (Å²) in [5.74, 6) is 1.36. The van der Waals surface area contributed by atoms with Gasteiger partial charge < -0.3 is 5.32 Å². The van der Waals surface area contributed by atoms with Crippen molar-refractivity contribution in [1.82, 2.24) is 9.97 Å². The first-order valence-corrected chi connectivity index (χ1v) is 7.42. The smallest absolute Gasteiger partial charge is 0.137 e. The molecule has 0 aliphatic rings. The highest BCUT2D eigenvalue weighted by Crippen LogP contribution is 2.21. The van der Waals surface area contributed by atoms with Crippen LogP contribution in [0, 0.1) is 12.7 Å². The molecule has 4 heteroatoms. The molecule has 3 nitrogen and oxygen atoms in total. The number of aromatic nitrogens is 2. The van der Waals surface area contributed by atoms with Crippen molar-refractivity contribution in [2.75, 3.05) is 5.32 Å². The number of para-hydroxylation sites is 1. The lowest BCUT2D eigenvalue weighted by Crippen LogP contribution is -2.06. The minimum atomic E-state index is -0.191. The van der Waals surface area contributed by atoms with Gasteiger partial charge in [0.25, 0.3) is 0 Å². The van der Waals surface area contributed by atoms with Crippen molar-refractivity contribution in [3.8, 4) is 0 Å². The number of aryl methyl sites for hydroxylation is 2. The Balaban J connectivity index is 1.91. The van der Waals surface area contributed by atoms with Gasteiger partial charge in [0.2, 0.25) is 0 Å². The third-order valence-electron chi connectivity index (χ3n) is 3.71. The van der Waals surface area contributed by atoms with Gasteiger partial charge in [-0.3, -0.25) is 0 Å². The molecule has 1 heterocycles. The molecular formula is C18H18FN3. The third-order valence-corrected chi connectivity index (χ3v) is 3.71. The zero-order valence-electron chi connectivity index (χ0n) is 12.7. The van der Waals surface area contributed by atoms with Crippen LogP contribution in [0.1, 0.15) is 23.9 Å². The molecule has 0 spiro atoms. The van der Waals surface area contributed by atoms with E-state index in [0.29, 0.717) is 6.54 Å². The van der Waals surface area contributed by atoms with E-state index in [1.165, 1.54) is 6.07 Å². The molecule has 0 aliphatic carbocycles. The van der Waals surface area contributed by atoms with Crippen LogP contribution in [0.4, 0.5) is 10.2 Å². The topological polar surface area (TPSA) is 37.8 Å². The van der Waals surface area contributed by atoms with Crippen molar-refractivity contribution in [2.24, 2.45) is 0 Å². The van der Waals surface area contributed by atoms with Crippen LogP contribution in [0.15, 0.2) is 42.5 Å². The second-order valence-electron chi connectivity index (χ2n) is 5.26. The summed E-state index contributed by atoms with van der Waals surface area (Å²) in [6.45, 7) is 4.53. The minimum absolute atomic E-state index is 0.191. The highest BCUT2D eigenvalue weighted by Gasteiger charge is 2.07. The lowest BCUT2D eigenvalue weighted by Gasteiger charge is -2.12. The van der Waals surface area contributed by atoms with Gasteiger partial charge in [0.1, 0.15) is 17.5 Å². The fraction of sp³-hybridized carbons (Fsp3) is 0.222. The Bertz CT molecular complexity index is 815. The average molecular weight is 295 g/mol. The number of hydrogen-bond acceptors (Lipinski definition) is 3. The summed E-state index contributed by atoms with van der Waals surface area (Å²) >= 11 is 0. The maximum Gasteiger partial charge on any atom is 0.137 e. The molecule has 0 fully saturated rings. The highest BCUT2D eigenvalue weighted by molar-refractivity contribution is 5.88. The maximum atomic E-state index is 13.3. The predicted octanol–water partition coefficient (Wildman–Crippen LogP) is 4.25. The fourth-order valence-corrected chi connectivity index (χ4v) is 2.60. The van der Waals surface area contributed by atoms with E-state index in [1.54, 1.807) is 6.07 Å². The number of fused-ring (bicyclic) bond motifs is 1. The predicted molar refractivity (Wildman–Crippen MR) is 87.4 cm³/mol. The summed E-state index contributed by atoms with van der Waals surface area (Å²) in [4.78, 5) is 8.93. The normalized spacial score (nSPS) is 10.9.